The monoisotopic (exact) mass is 422 g/mol. The number of aromatic nitrogens is 2. The highest BCUT2D eigenvalue weighted by Crippen LogP contribution is 2.24. The molecule has 1 saturated heterocycles. The van der Waals surface area contributed by atoms with Crippen molar-refractivity contribution in [2.45, 2.75) is 26.2 Å². The van der Waals surface area contributed by atoms with Gasteiger partial charge in [-0.05, 0) is 62.6 Å². The zero-order valence-corrected chi connectivity index (χ0v) is 17.6. The second-order valence-corrected chi connectivity index (χ2v) is 7.21. The molecule has 1 aliphatic heterocycles. The Bertz CT molecular complexity index is 1040. The average molecular weight is 423 g/mol. The number of anilines is 2. The quantitative estimate of drug-likeness (QED) is 0.484. The molecule has 0 saturated carbocycles. The summed E-state index contributed by atoms with van der Waals surface area (Å²) in [5.74, 6) is -1.21. The summed E-state index contributed by atoms with van der Waals surface area (Å²) >= 11 is 0. The Labute approximate surface area is 181 Å². The van der Waals surface area contributed by atoms with E-state index in [0.717, 1.165) is 31.6 Å². The fraction of sp³-hybridized carbons (Fsp3) is 0.261. The van der Waals surface area contributed by atoms with Crippen LogP contribution in [0.25, 0.3) is 11.3 Å². The topological polar surface area (TPSA) is 110 Å². The molecular weight excluding hydrogens is 395 g/mol. The molecule has 1 amide bonds. The van der Waals surface area contributed by atoms with Gasteiger partial charge in [0.15, 0.2) is 5.69 Å². The molecular formula is C23H27FN6O. The number of nitrogens with two attached hydrogens (primary N) is 2. The third kappa shape index (κ3) is 5.09. The summed E-state index contributed by atoms with van der Waals surface area (Å²) in [5.41, 5.74) is 13.5. The van der Waals surface area contributed by atoms with Crippen LogP contribution in [0.15, 0.2) is 60.5 Å². The van der Waals surface area contributed by atoms with Crippen molar-refractivity contribution in [3.05, 3.63) is 72.1 Å². The average Bonchev–Trinajstić information content (AvgIpc) is 2.77. The minimum Gasteiger partial charge on any atom is -0.397 e. The van der Waals surface area contributed by atoms with Gasteiger partial charge in [0.05, 0.1) is 28.3 Å². The SMILES string of the molecule is C=C/C(NC(=O)c1nc(-c2ccc(N)nc2F)ccc1N)=C(\C=C/C)N1CCCCC1. The highest BCUT2D eigenvalue weighted by molar-refractivity contribution is 5.99. The number of nitrogens with one attached hydrogen (secondary N) is 1. The van der Waals surface area contributed by atoms with Crippen LogP contribution in [-0.2, 0) is 0 Å². The lowest BCUT2D eigenvalue weighted by molar-refractivity contribution is 0.0962. The molecule has 0 radical (unpaired) electrons. The van der Waals surface area contributed by atoms with Gasteiger partial charge >= 0.3 is 0 Å². The van der Waals surface area contributed by atoms with E-state index in [-0.39, 0.29) is 28.5 Å². The summed E-state index contributed by atoms with van der Waals surface area (Å²) in [6, 6.07) is 5.98. The number of amides is 1. The maximum atomic E-state index is 14.2. The van der Waals surface area contributed by atoms with E-state index in [1.807, 2.05) is 19.1 Å². The Kier molecular flexibility index (Phi) is 7.02. The summed E-state index contributed by atoms with van der Waals surface area (Å²) < 4.78 is 14.2. The second-order valence-electron chi connectivity index (χ2n) is 7.21. The predicted molar refractivity (Wildman–Crippen MR) is 121 cm³/mol. The number of rotatable bonds is 6. The first-order valence-corrected chi connectivity index (χ1v) is 10.2. The molecule has 1 aliphatic rings. The Morgan fingerprint density at radius 1 is 1.16 bits per heavy atom. The molecule has 0 unspecified atom stereocenters. The molecule has 7 nitrogen and oxygen atoms in total. The second kappa shape index (κ2) is 9.88. The van der Waals surface area contributed by atoms with E-state index in [1.165, 1.54) is 30.7 Å². The number of carbonyl (C=O) groups is 1. The minimum absolute atomic E-state index is 0.00783. The summed E-state index contributed by atoms with van der Waals surface area (Å²) in [6.45, 7) is 7.60. The Morgan fingerprint density at radius 2 is 1.90 bits per heavy atom. The normalized spacial score (nSPS) is 15.0. The van der Waals surface area contributed by atoms with Crippen LogP contribution < -0.4 is 16.8 Å². The van der Waals surface area contributed by atoms with E-state index in [1.54, 1.807) is 6.08 Å². The lowest BCUT2D eigenvalue weighted by atomic mass is 10.1. The van der Waals surface area contributed by atoms with Crippen molar-refractivity contribution in [1.29, 1.82) is 0 Å². The molecule has 5 N–H and O–H groups in total. The number of hydrogen-bond donors (Lipinski definition) is 3. The molecule has 162 valence electrons. The fourth-order valence-electron chi connectivity index (χ4n) is 3.50. The third-order valence-electron chi connectivity index (χ3n) is 5.04. The summed E-state index contributed by atoms with van der Waals surface area (Å²) in [7, 11) is 0. The molecule has 1 fully saturated rings. The Hall–Kier alpha value is -3.68. The van der Waals surface area contributed by atoms with Crippen LogP contribution in [0.2, 0.25) is 0 Å². The number of piperidine rings is 1. The van der Waals surface area contributed by atoms with Gasteiger partial charge in [-0.15, -0.1) is 0 Å². The third-order valence-corrected chi connectivity index (χ3v) is 5.04. The van der Waals surface area contributed by atoms with Crippen molar-refractivity contribution in [2.24, 2.45) is 0 Å². The smallest absolute Gasteiger partial charge is 0.276 e. The number of nitrogens with zero attached hydrogens (tertiary/aromatic N) is 3. The van der Waals surface area contributed by atoms with Crippen LogP contribution in [0.3, 0.4) is 0 Å². The van der Waals surface area contributed by atoms with Gasteiger partial charge in [0.1, 0.15) is 5.82 Å². The van der Waals surface area contributed by atoms with E-state index in [0.29, 0.717) is 5.70 Å². The molecule has 0 atom stereocenters. The van der Waals surface area contributed by atoms with Gasteiger partial charge in [0.25, 0.3) is 5.91 Å². The molecule has 3 heterocycles. The van der Waals surface area contributed by atoms with Gasteiger partial charge in [-0.2, -0.15) is 4.39 Å². The Morgan fingerprint density at radius 3 is 2.55 bits per heavy atom. The first kappa shape index (κ1) is 22.0. The van der Waals surface area contributed by atoms with Crippen LogP contribution in [0.4, 0.5) is 15.9 Å². The van der Waals surface area contributed by atoms with Gasteiger partial charge in [0, 0.05) is 13.1 Å². The first-order valence-electron chi connectivity index (χ1n) is 10.2. The van der Waals surface area contributed by atoms with Crippen molar-refractivity contribution in [1.82, 2.24) is 20.2 Å². The molecule has 0 spiro atoms. The van der Waals surface area contributed by atoms with Crippen molar-refractivity contribution < 1.29 is 9.18 Å². The summed E-state index contributed by atoms with van der Waals surface area (Å²) in [4.78, 5) is 23.2. The maximum absolute atomic E-state index is 14.2. The fourth-order valence-corrected chi connectivity index (χ4v) is 3.50. The molecule has 0 aliphatic carbocycles. The number of halogens is 1. The zero-order valence-electron chi connectivity index (χ0n) is 17.6. The molecule has 0 bridgehead atoms. The summed E-state index contributed by atoms with van der Waals surface area (Å²) in [6.07, 6.45) is 8.86. The lowest BCUT2D eigenvalue weighted by Gasteiger charge is -2.31. The highest BCUT2D eigenvalue weighted by Gasteiger charge is 2.19. The molecule has 0 aromatic carbocycles. The van der Waals surface area contributed by atoms with Crippen LogP contribution in [0.1, 0.15) is 36.7 Å². The van der Waals surface area contributed by atoms with Gasteiger partial charge in [0.2, 0.25) is 5.95 Å². The number of carbonyl (C=O) groups excluding carboxylic acids is 1. The van der Waals surface area contributed by atoms with Gasteiger partial charge < -0.3 is 21.7 Å². The van der Waals surface area contributed by atoms with Gasteiger partial charge in [-0.25, -0.2) is 9.97 Å². The zero-order chi connectivity index (χ0) is 22.4. The van der Waals surface area contributed by atoms with E-state index in [2.05, 4.69) is 26.8 Å². The van der Waals surface area contributed by atoms with E-state index < -0.39 is 11.9 Å². The van der Waals surface area contributed by atoms with E-state index in [9.17, 15) is 9.18 Å². The Balaban J connectivity index is 1.94. The van der Waals surface area contributed by atoms with E-state index >= 15 is 0 Å². The van der Waals surface area contributed by atoms with Crippen molar-refractivity contribution in [3.63, 3.8) is 0 Å². The predicted octanol–water partition coefficient (Wildman–Crippen LogP) is 3.64. The lowest BCUT2D eigenvalue weighted by Crippen LogP contribution is -2.33. The maximum Gasteiger partial charge on any atom is 0.276 e. The van der Waals surface area contributed by atoms with Crippen LogP contribution in [-0.4, -0.2) is 33.9 Å². The molecule has 31 heavy (non-hydrogen) atoms. The summed E-state index contributed by atoms with van der Waals surface area (Å²) in [5, 5.41) is 2.87. The van der Waals surface area contributed by atoms with E-state index in [4.69, 9.17) is 11.5 Å². The number of likely N-dealkylation sites (tertiary alicyclic amines) is 1. The molecule has 3 rings (SSSR count). The van der Waals surface area contributed by atoms with Crippen molar-refractivity contribution >= 4 is 17.4 Å². The minimum atomic E-state index is -0.768. The number of hydrogen-bond acceptors (Lipinski definition) is 6. The van der Waals surface area contributed by atoms with Crippen molar-refractivity contribution in [3.8, 4) is 11.3 Å². The molecule has 8 heteroatoms. The van der Waals surface area contributed by atoms with Crippen LogP contribution in [0.5, 0.6) is 0 Å². The number of allylic oxidation sites excluding steroid dienone is 3. The molecule has 2 aromatic rings. The van der Waals surface area contributed by atoms with Crippen LogP contribution >= 0.6 is 0 Å². The van der Waals surface area contributed by atoms with Gasteiger partial charge in [-0.1, -0.05) is 12.7 Å². The molecule has 2 aromatic heterocycles. The van der Waals surface area contributed by atoms with Gasteiger partial charge in [-0.3, -0.25) is 4.79 Å². The van der Waals surface area contributed by atoms with Crippen molar-refractivity contribution in [2.75, 3.05) is 24.6 Å². The largest absolute Gasteiger partial charge is 0.397 e. The number of nitrogen functional groups attached to an aromatic ring is 2. The standard InChI is InChI=1S/C23H27FN6O/c1-3-8-19(30-13-6-5-7-14-30)17(4-2)28-23(31)21-16(25)10-11-18(27-21)15-9-12-20(26)29-22(15)24/h3-4,8-12H,2,5-7,13-14,25H2,1H3,(H2,26,29)(H,28,31)/b8-3-,19-17-. The van der Waals surface area contributed by atoms with Crippen LogP contribution in [0, 0.1) is 5.95 Å². The first-order chi connectivity index (χ1) is 14.9. The number of pyridine rings is 2. The highest BCUT2D eigenvalue weighted by atomic mass is 19.1.